The molecule has 1 amide bonds. The molecule has 0 aliphatic heterocycles. The van der Waals surface area contributed by atoms with Crippen LogP contribution in [0.3, 0.4) is 0 Å². The zero-order valence-electron chi connectivity index (χ0n) is 7.49. The number of nitrogens with two attached hydrogens (primary N) is 2. The third-order valence-corrected chi connectivity index (χ3v) is 2.14. The Kier molecular flexibility index (Phi) is 3.05. The summed E-state index contributed by atoms with van der Waals surface area (Å²) in [5.74, 6) is 0.410. The van der Waals surface area contributed by atoms with Crippen molar-refractivity contribution in [1.82, 2.24) is 4.90 Å². The van der Waals surface area contributed by atoms with Gasteiger partial charge in [-0.15, -0.1) is 0 Å². The highest BCUT2D eigenvalue weighted by atomic mass is 16.1. The van der Waals surface area contributed by atoms with Crippen LogP contribution in [0.5, 0.6) is 0 Å². The van der Waals surface area contributed by atoms with Crippen LogP contribution < -0.4 is 11.5 Å². The number of amides is 1. The first-order valence-corrected chi connectivity index (χ1v) is 4.33. The van der Waals surface area contributed by atoms with E-state index in [-0.39, 0.29) is 0 Å². The summed E-state index contributed by atoms with van der Waals surface area (Å²) in [7, 11) is 1.97. The number of carbonyl (C=O) groups is 1. The van der Waals surface area contributed by atoms with Gasteiger partial charge in [-0.05, 0) is 25.8 Å². The first-order valence-electron chi connectivity index (χ1n) is 4.33. The topological polar surface area (TPSA) is 72.3 Å². The summed E-state index contributed by atoms with van der Waals surface area (Å²) in [5.41, 5.74) is 10.5. The summed E-state index contributed by atoms with van der Waals surface area (Å²) in [5, 5.41) is 0. The highest BCUT2D eigenvalue weighted by molar-refractivity contribution is 5.79. The molecule has 0 radical (unpaired) electrons. The van der Waals surface area contributed by atoms with E-state index in [4.69, 9.17) is 11.5 Å². The van der Waals surface area contributed by atoms with Crippen molar-refractivity contribution in [3.05, 3.63) is 0 Å². The molecule has 0 spiro atoms. The van der Waals surface area contributed by atoms with Crippen molar-refractivity contribution in [3.8, 4) is 0 Å². The van der Waals surface area contributed by atoms with Crippen molar-refractivity contribution in [3.63, 3.8) is 0 Å². The normalized spacial score (nSPS) is 19.6. The number of primary amides is 1. The summed E-state index contributed by atoms with van der Waals surface area (Å²) >= 11 is 0. The minimum absolute atomic E-state index is 0.419. The predicted octanol–water partition coefficient (Wildman–Crippen LogP) is -0.859. The lowest BCUT2D eigenvalue weighted by molar-refractivity contribution is -0.119. The van der Waals surface area contributed by atoms with Crippen LogP contribution in [0.4, 0.5) is 0 Å². The van der Waals surface area contributed by atoms with Crippen molar-refractivity contribution < 1.29 is 4.79 Å². The molecular formula is C8H17N3O. The Morgan fingerprint density at radius 1 is 1.67 bits per heavy atom. The van der Waals surface area contributed by atoms with Crippen molar-refractivity contribution in [2.75, 3.05) is 20.1 Å². The second-order valence-corrected chi connectivity index (χ2v) is 3.67. The average Bonchev–Trinajstić information content (AvgIpc) is 2.71. The lowest BCUT2D eigenvalue weighted by Crippen LogP contribution is -2.45. The minimum Gasteiger partial charge on any atom is -0.368 e. The number of nitrogens with zero attached hydrogens (tertiary/aromatic N) is 1. The summed E-state index contributed by atoms with van der Waals surface area (Å²) < 4.78 is 0. The molecule has 0 aromatic heterocycles. The number of rotatable bonds is 5. The van der Waals surface area contributed by atoms with Crippen molar-refractivity contribution in [1.29, 1.82) is 0 Å². The van der Waals surface area contributed by atoms with E-state index < -0.39 is 11.9 Å². The van der Waals surface area contributed by atoms with Gasteiger partial charge in [0, 0.05) is 13.1 Å². The van der Waals surface area contributed by atoms with Gasteiger partial charge in [-0.1, -0.05) is 0 Å². The molecule has 0 aromatic rings. The second kappa shape index (κ2) is 3.87. The summed E-state index contributed by atoms with van der Waals surface area (Å²) in [4.78, 5) is 12.7. The molecule has 1 unspecified atom stereocenters. The van der Waals surface area contributed by atoms with Crippen LogP contribution in [0, 0.1) is 5.92 Å². The highest BCUT2D eigenvalue weighted by Gasteiger charge is 2.23. The average molecular weight is 171 g/mol. The van der Waals surface area contributed by atoms with E-state index in [1.165, 1.54) is 12.8 Å². The fraction of sp³-hybridized carbons (Fsp3) is 0.875. The molecule has 12 heavy (non-hydrogen) atoms. The Bertz CT molecular complexity index is 168. The van der Waals surface area contributed by atoms with Crippen LogP contribution in [0.25, 0.3) is 0 Å². The largest absolute Gasteiger partial charge is 0.368 e. The van der Waals surface area contributed by atoms with Crippen LogP contribution in [-0.2, 0) is 4.79 Å². The number of hydrogen-bond donors (Lipinski definition) is 2. The lowest BCUT2D eigenvalue weighted by atomic mass is 10.2. The molecule has 1 fully saturated rings. The third kappa shape index (κ3) is 3.19. The van der Waals surface area contributed by atoms with E-state index in [0.29, 0.717) is 6.54 Å². The predicted molar refractivity (Wildman–Crippen MR) is 47.4 cm³/mol. The van der Waals surface area contributed by atoms with E-state index in [2.05, 4.69) is 4.90 Å². The van der Waals surface area contributed by atoms with E-state index >= 15 is 0 Å². The van der Waals surface area contributed by atoms with Gasteiger partial charge in [0.1, 0.15) is 0 Å². The maximum Gasteiger partial charge on any atom is 0.235 e. The molecule has 0 heterocycles. The minimum atomic E-state index is -0.520. The first kappa shape index (κ1) is 9.48. The quantitative estimate of drug-likeness (QED) is 0.565. The molecular weight excluding hydrogens is 154 g/mol. The molecule has 0 saturated heterocycles. The number of likely N-dealkylation sites (N-methyl/N-ethyl adjacent to an activating group) is 1. The Morgan fingerprint density at radius 2 is 2.25 bits per heavy atom. The molecule has 1 saturated carbocycles. The van der Waals surface area contributed by atoms with Crippen molar-refractivity contribution in [2.24, 2.45) is 17.4 Å². The van der Waals surface area contributed by atoms with E-state index in [1.807, 2.05) is 7.05 Å². The first-order chi connectivity index (χ1) is 5.59. The molecule has 70 valence electrons. The number of carbonyl (C=O) groups excluding carboxylic acids is 1. The molecule has 1 aliphatic carbocycles. The van der Waals surface area contributed by atoms with Gasteiger partial charge in [0.05, 0.1) is 6.04 Å². The molecule has 4 heteroatoms. The third-order valence-electron chi connectivity index (χ3n) is 2.14. The van der Waals surface area contributed by atoms with Gasteiger partial charge in [0.15, 0.2) is 0 Å². The SMILES string of the molecule is CN(CC1CC1)CC(N)C(N)=O. The van der Waals surface area contributed by atoms with Crippen LogP contribution in [0.2, 0.25) is 0 Å². The van der Waals surface area contributed by atoms with E-state index in [0.717, 1.165) is 12.5 Å². The standard InChI is InChI=1S/C8H17N3O/c1-11(4-6-2-3-6)5-7(9)8(10)12/h6-7H,2-5,9H2,1H3,(H2,10,12). The molecule has 4 N–H and O–H groups in total. The van der Waals surface area contributed by atoms with Gasteiger partial charge in [-0.3, -0.25) is 4.79 Å². The zero-order valence-corrected chi connectivity index (χ0v) is 7.49. The molecule has 0 bridgehead atoms. The number of hydrogen-bond acceptors (Lipinski definition) is 3. The van der Waals surface area contributed by atoms with Gasteiger partial charge in [0.2, 0.25) is 5.91 Å². The summed E-state index contributed by atoms with van der Waals surface area (Å²) in [6, 6.07) is -0.520. The fourth-order valence-corrected chi connectivity index (χ4v) is 1.24. The van der Waals surface area contributed by atoms with Crippen LogP contribution in [0.1, 0.15) is 12.8 Å². The smallest absolute Gasteiger partial charge is 0.235 e. The van der Waals surface area contributed by atoms with Gasteiger partial charge in [0.25, 0.3) is 0 Å². The molecule has 1 rings (SSSR count). The van der Waals surface area contributed by atoms with Gasteiger partial charge in [-0.2, -0.15) is 0 Å². The van der Waals surface area contributed by atoms with Gasteiger partial charge >= 0.3 is 0 Å². The lowest BCUT2D eigenvalue weighted by Gasteiger charge is -2.18. The van der Waals surface area contributed by atoms with Gasteiger partial charge < -0.3 is 16.4 Å². The molecule has 0 aromatic carbocycles. The van der Waals surface area contributed by atoms with E-state index in [1.54, 1.807) is 0 Å². The molecule has 4 nitrogen and oxygen atoms in total. The zero-order chi connectivity index (χ0) is 9.14. The van der Waals surface area contributed by atoms with Crippen LogP contribution in [0.15, 0.2) is 0 Å². The second-order valence-electron chi connectivity index (χ2n) is 3.67. The van der Waals surface area contributed by atoms with Crippen molar-refractivity contribution >= 4 is 5.91 Å². The summed E-state index contributed by atoms with van der Waals surface area (Å²) in [6.07, 6.45) is 2.63. The van der Waals surface area contributed by atoms with Gasteiger partial charge in [-0.25, -0.2) is 0 Å². The maximum atomic E-state index is 10.6. The van der Waals surface area contributed by atoms with E-state index in [9.17, 15) is 4.79 Å². The Hall–Kier alpha value is -0.610. The summed E-state index contributed by atoms with van der Waals surface area (Å²) in [6.45, 7) is 1.62. The van der Waals surface area contributed by atoms with Crippen LogP contribution >= 0.6 is 0 Å². The Balaban J connectivity index is 2.14. The molecule has 1 aliphatic rings. The highest BCUT2D eigenvalue weighted by Crippen LogP contribution is 2.29. The monoisotopic (exact) mass is 171 g/mol. The maximum absolute atomic E-state index is 10.6. The van der Waals surface area contributed by atoms with Crippen LogP contribution in [-0.4, -0.2) is 37.0 Å². The Labute approximate surface area is 72.9 Å². The fourth-order valence-electron chi connectivity index (χ4n) is 1.24. The van der Waals surface area contributed by atoms with Crippen molar-refractivity contribution in [2.45, 2.75) is 18.9 Å². The molecule has 1 atom stereocenters. The Morgan fingerprint density at radius 3 is 2.67 bits per heavy atom.